The Morgan fingerprint density at radius 2 is 2.07 bits per heavy atom. The molecule has 0 aromatic rings. The minimum absolute atomic E-state index is 0.719. The predicted molar refractivity (Wildman–Crippen MR) is 65.1 cm³/mol. The van der Waals surface area contributed by atoms with Gasteiger partial charge in [-0.25, -0.2) is 0 Å². The zero-order chi connectivity index (χ0) is 11.1. The predicted octanol–water partition coefficient (Wildman–Crippen LogP) is 2.89. The van der Waals surface area contributed by atoms with Crippen molar-refractivity contribution in [2.24, 2.45) is 0 Å². The standard InChI is InChI=1S/C13H25NO/c1-11(7-9-15-3)12(2)10-13-6-4-5-8-14-13/h13-14H,4-10H2,1-3H3. The molecule has 1 fully saturated rings. The van der Waals surface area contributed by atoms with Crippen LogP contribution in [0.15, 0.2) is 11.1 Å². The van der Waals surface area contributed by atoms with Crippen molar-refractivity contribution in [1.29, 1.82) is 0 Å². The Balaban J connectivity index is 2.34. The smallest absolute Gasteiger partial charge is 0.0499 e. The molecule has 1 saturated heterocycles. The number of rotatable bonds is 5. The van der Waals surface area contributed by atoms with Crippen LogP contribution in [0.1, 0.15) is 46.0 Å². The first-order valence-electron chi connectivity index (χ1n) is 6.11. The number of piperidine rings is 1. The van der Waals surface area contributed by atoms with Crippen molar-refractivity contribution in [1.82, 2.24) is 5.32 Å². The molecule has 1 N–H and O–H groups in total. The Hall–Kier alpha value is -0.340. The summed E-state index contributed by atoms with van der Waals surface area (Å²) in [4.78, 5) is 0. The minimum Gasteiger partial charge on any atom is -0.384 e. The minimum atomic E-state index is 0.719. The van der Waals surface area contributed by atoms with Crippen LogP contribution in [0.3, 0.4) is 0 Å². The van der Waals surface area contributed by atoms with Crippen molar-refractivity contribution in [2.45, 2.75) is 52.0 Å². The van der Waals surface area contributed by atoms with E-state index in [1.165, 1.54) is 37.8 Å². The van der Waals surface area contributed by atoms with Gasteiger partial charge in [-0.1, -0.05) is 17.6 Å². The van der Waals surface area contributed by atoms with E-state index in [1.807, 2.05) is 0 Å². The molecule has 1 unspecified atom stereocenters. The summed E-state index contributed by atoms with van der Waals surface area (Å²) in [6.45, 7) is 6.55. The van der Waals surface area contributed by atoms with E-state index in [2.05, 4.69) is 19.2 Å². The lowest BCUT2D eigenvalue weighted by Crippen LogP contribution is -2.34. The van der Waals surface area contributed by atoms with E-state index in [4.69, 9.17) is 4.74 Å². The Bertz CT molecular complexity index is 205. The third-order valence-electron chi connectivity index (χ3n) is 3.37. The largest absolute Gasteiger partial charge is 0.384 e. The van der Waals surface area contributed by atoms with Gasteiger partial charge in [-0.15, -0.1) is 0 Å². The molecule has 0 amide bonds. The van der Waals surface area contributed by atoms with Gasteiger partial charge in [0.1, 0.15) is 0 Å². The highest BCUT2D eigenvalue weighted by Crippen LogP contribution is 2.18. The van der Waals surface area contributed by atoms with Crippen molar-refractivity contribution in [3.05, 3.63) is 11.1 Å². The Morgan fingerprint density at radius 1 is 1.27 bits per heavy atom. The molecule has 0 spiro atoms. The van der Waals surface area contributed by atoms with Gasteiger partial charge < -0.3 is 10.1 Å². The molecule has 0 saturated carbocycles. The zero-order valence-corrected chi connectivity index (χ0v) is 10.4. The summed E-state index contributed by atoms with van der Waals surface area (Å²) in [7, 11) is 1.77. The van der Waals surface area contributed by atoms with E-state index < -0.39 is 0 Å². The van der Waals surface area contributed by atoms with E-state index in [0.717, 1.165) is 19.1 Å². The fourth-order valence-corrected chi connectivity index (χ4v) is 2.11. The highest BCUT2D eigenvalue weighted by Gasteiger charge is 2.13. The van der Waals surface area contributed by atoms with Gasteiger partial charge in [-0.2, -0.15) is 0 Å². The van der Waals surface area contributed by atoms with Crippen LogP contribution in [-0.4, -0.2) is 26.3 Å². The summed E-state index contributed by atoms with van der Waals surface area (Å²) in [5.41, 5.74) is 3.05. The summed E-state index contributed by atoms with van der Waals surface area (Å²) in [5, 5.41) is 3.60. The number of ether oxygens (including phenoxy) is 1. The van der Waals surface area contributed by atoms with Crippen LogP contribution in [0.25, 0.3) is 0 Å². The van der Waals surface area contributed by atoms with Gasteiger partial charge in [0.05, 0.1) is 0 Å². The van der Waals surface area contributed by atoms with Crippen LogP contribution in [0.5, 0.6) is 0 Å². The van der Waals surface area contributed by atoms with Gasteiger partial charge in [0.2, 0.25) is 0 Å². The second-order valence-electron chi connectivity index (χ2n) is 4.65. The second kappa shape index (κ2) is 7.02. The lowest BCUT2D eigenvalue weighted by atomic mass is 9.95. The maximum Gasteiger partial charge on any atom is 0.0499 e. The number of methoxy groups -OCH3 is 1. The average Bonchev–Trinajstić information content (AvgIpc) is 2.27. The molecular formula is C13H25NO. The molecule has 0 aromatic carbocycles. The van der Waals surface area contributed by atoms with Crippen molar-refractivity contribution in [3.8, 4) is 0 Å². The average molecular weight is 211 g/mol. The molecule has 2 nitrogen and oxygen atoms in total. The van der Waals surface area contributed by atoms with Gasteiger partial charge in [0, 0.05) is 19.8 Å². The normalized spacial score (nSPS) is 23.8. The Morgan fingerprint density at radius 3 is 2.67 bits per heavy atom. The van der Waals surface area contributed by atoms with Crippen molar-refractivity contribution >= 4 is 0 Å². The molecule has 1 aliphatic heterocycles. The zero-order valence-electron chi connectivity index (χ0n) is 10.4. The molecule has 0 bridgehead atoms. The summed E-state index contributed by atoms with van der Waals surface area (Å²) in [5.74, 6) is 0. The number of nitrogens with one attached hydrogen (secondary N) is 1. The maximum atomic E-state index is 5.10. The van der Waals surface area contributed by atoms with Crippen LogP contribution in [0, 0.1) is 0 Å². The molecule has 1 atom stereocenters. The lowest BCUT2D eigenvalue weighted by molar-refractivity contribution is 0.202. The molecule has 2 heteroatoms. The highest BCUT2D eigenvalue weighted by atomic mass is 16.5. The van der Waals surface area contributed by atoms with Gasteiger partial charge in [0.25, 0.3) is 0 Å². The fraction of sp³-hybridized carbons (Fsp3) is 0.846. The van der Waals surface area contributed by atoms with Crippen LogP contribution < -0.4 is 5.32 Å². The van der Waals surface area contributed by atoms with Crippen LogP contribution >= 0.6 is 0 Å². The van der Waals surface area contributed by atoms with Crippen LogP contribution in [0.2, 0.25) is 0 Å². The molecule has 1 heterocycles. The van der Waals surface area contributed by atoms with E-state index >= 15 is 0 Å². The quantitative estimate of drug-likeness (QED) is 0.706. The maximum absolute atomic E-state index is 5.10. The molecule has 0 aromatic heterocycles. The van der Waals surface area contributed by atoms with Gasteiger partial charge >= 0.3 is 0 Å². The Kier molecular flexibility index (Phi) is 5.96. The Labute approximate surface area is 94.1 Å². The first kappa shape index (κ1) is 12.7. The van der Waals surface area contributed by atoms with Gasteiger partial charge in [0.15, 0.2) is 0 Å². The van der Waals surface area contributed by atoms with E-state index in [-0.39, 0.29) is 0 Å². The summed E-state index contributed by atoms with van der Waals surface area (Å²) in [6.07, 6.45) is 6.38. The topological polar surface area (TPSA) is 21.3 Å². The lowest BCUT2D eigenvalue weighted by Gasteiger charge is -2.24. The highest BCUT2D eigenvalue weighted by molar-refractivity contribution is 5.11. The third kappa shape index (κ3) is 4.80. The molecule has 88 valence electrons. The SMILES string of the molecule is COCCC(C)=C(C)CC1CCCCN1. The van der Waals surface area contributed by atoms with Gasteiger partial charge in [-0.05, 0) is 46.1 Å². The molecule has 0 aliphatic carbocycles. The van der Waals surface area contributed by atoms with Crippen molar-refractivity contribution in [3.63, 3.8) is 0 Å². The summed E-state index contributed by atoms with van der Waals surface area (Å²) in [6, 6.07) is 0.719. The van der Waals surface area contributed by atoms with Gasteiger partial charge in [-0.3, -0.25) is 0 Å². The molecule has 15 heavy (non-hydrogen) atoms. The van der Waals surface area contributed by atoms with Crippen molar-refractivity contribution < 1.29 is 4.74 Å². The van der Waals surface area contributed by atoms with E-state index in [1.54, 1.807) is 12.7 Å². The van der Waals surface area contributed by atoms with E-state index in [0.29, 0.717) is 0 Å². The fourth-order valence-electron chi connectivity index (χ4n) is 2.11. The first-order valence-corrected chi connectivity index (χ1v) is 6.11. The van der Waals surface area contributed by atoms with Crippen molar-refractivity contribution in [2.75, 3.05) is 20.3 Å². The molecule has 0 radical (unpaired) electrons. The first-order chi connectivity index (χ1) is 7.24. The monoisotopic (exact) mass is 211 g/mol. The van der Waals surface area contributed by atoms with E-state index in [9.17, 15) is 0 Å². The molecule has 1 rings (SSSR count). The van der Waals surface area contributed by atoms with Crippen LogP contribution in [-0.2, 0) is 4.74 Å². The number of hydrogen-bond donors (Lipinski definition) is 1. The second-order valence-corrected chi connectivity index (χ2v) is 4.65. The summed E-state index contributed by atoms with van der Waals surface area (Å²) >= 11 is 0. The summed E-state index contributed by atoms with van der Waals surface area (Å²) < 4.78 is 5.10. The molecular weight excluding hydrogens is 186 g/mol. The molecule has 1 aliphatic rings. The number of hydrogen-bond acceptors (Lipinski definition) is 2. The third-order valence-corrected chi connectivity index (χ3v) is 3.37. The van der Waals surface area contributed by atoms with Crippen LogP contribution in [0.4, 0.5) is 0 Å².